The predicted molar refractivity (Wildman–Crippen MR) is 67.4 cm³/mol. The third kappa shape index (κ3) is 4.41. The van der Waals surface area contributed by atoms with Crippen molar-refractivity contribution in [2.24, 2.45) is 0 Å². The van der Waals surface area contributed by atoms with Gasteiger partial charge in [0.15, 0.2) is 0 Å². The molecule has 1 aromatic rings. The summed E-state index contributed by atoms with van der Waals surface area (Å²) in [6.07, 6.45) is 0.856. The summed E-state index contributed by atoms with van der Waals surface area (Å²) in [5.74, 6) is -1.64. The summed E-state index contributed by atoms with van der Waals surface area (Å²) in [5.41, 5.74) is -0.311. The van der Waals surface area contributed by atoms with Gasteiger partial charge in [-0.2, -0.15) is 0 Å². The van der Waals surface area contributed by atoms with E-state index in [1.807, 2.05) is 20.8 Å². The Bertz CT molecular complexity index is 433. The van der Waals surface area contributed by atoms with Gasteiger partial charge in [-0.25, -0.2) is 8.78 Å². The van der Waals surface area contributed by atoms with E-state index in [4.69, 9.17) is 0 Å². The molecule has 0 aliphatic carbocycles. The lowest BCUT2D eigenvalue weighted by atomic mass is 10.0. The van der Waals surface area contributed by atoms with Gasteiger partial charge in [-0.05, 0) is 32.4 Å². The van der Waals surface area contributed by atoms with Crippen LogP contribution in [-0.4, -0.2) is 18.0 Å². The summed E-state index contributed by atoms with van der Waals surface area (Å²) in [5, 5.41) is 5.37. The van der Waals surface area contributed by atoms with E-state index in [2.05, 4.69) is 10.6 Å². The Labute approximate surface area is 106 Å². The maximum Gasteiger partial charge on any atom is 0.238 e. The second-order valence-corrected chi connectivity index (χ2v) is 4.76. The molecule has 100 valence electrons. The molecule has 1 aromatic carbocycles. The third-order valence-corrected chi connectivity index (χ3v) is 2.81. The quantitative estimate of drug-likeness (QED) is 0.850. The van der Waals surface area contributed by atoms with Crippen LogP contribution in [0.25, 0.3) is 0 Å². The predicted octanol–water partition coefficient (Wildman–Crippen LogP) is 2.68. The summed E-state index contributed by atoms with van der Waals surface area (Å²) < 4.78 is 26.2. The van der Waals surface area contributed by atoms with Crippen LogP contribution in [0.4, 0.5) is 14.5 Å². The topological polar surface area (TPSA) is 41.1 Å². The highest BCUT2D eigenvalue weighted by atomic mass is 19.1. The highest BCUT2D eigenvalue weighted by molar-refractivity contribution is 5.92. The molecule has 0 atom stereocenters. The Balaban J connectivity index is 2.57. The van der Waals surface area contributed by atoms with Crippen molar-refractivity contribution in [2.45, 2.75) is 32.7 Å². The van der Waals surface area contributed by atoms with Gasteiger partial charge >= 0.3 is 0 Å². The van der Waals surface area contributed by atoms with Gasteiger partial charge in [0, 0.05) is 11.6 Å². The molecule has 1 amide bonds. The van der Waals surface area contributed by atoms with E-state index in [9.17, 15) is 13.6 Å². The Morgan fingerprint density at radius 1 is 1.33 bits per heavy atom. The maximum atomic E-state index is 13.3. The summed E-state index contributed by atoms with van der Waals surface area (Å²) in [6.45, 7) is 5.97. The summed E-state index contributed by atoms with van der Waals surface area (Å²) >= 11 is 0. The molecule has 0 unspecified atom stereocenters. The normalized spacial score (nSPS) is 11.4. The van der Waals surface area contributed by atoms with Gasteiger partial charge in [0.05, 0.1) is 12.2 Å². The first-order valence-corrected chi connectivity index (χ1v) is 5.84. The molecular weight excluding hydrogens is 238 g/mol. The molecule has 0 aliphatic heterocycles. The van der Waals surface area contributed by atoms with E-state index >= 15 is 0 Å². The fourth-order valence-electron chi connectivity index (χ4n) is 1.23. The third-order valence-electron chi connectivity index (χ3n) is 2.81. The lowest BCUT2D eigenvalue weighted by molar-refractivity contribution is -0.115. The van der Waals surface area contributed by atoms with Crippen LogP contribution in [0.5, 0.6) is 0 Å². The van der Waals surface area contributed by atoms with Crippen molar-refractivity contribution in [1.29, 1.82) is 0 Å². The molecule has 2 N–H and O–H groups in total. The first kappa shape index (κ1) is 14.6. The SMILES string of the molecule is CCC(C)(C)NCC(=O)Nc1cc(F)ccc1F. The maximum absolute atomic E-state index is 13.3. The van der Waals surface area contributed by atoms with Crippen LogP contribution in [-0.2, 0) is 4.79 Å². The Kier molecular flexibility index (Phi) is 4.78. The second kappa shape index (κ2) is 5.91. The number of hydrogen-bond donors (Lipinski definition) is 2. The van der Waals surface area contributed by atoms with Crippen molar-refractivity contribution in [1.82, 2.24) is 5.32 Å². The Hall–Kier alpha value is -1.49. The fourth-order valence-corrected chi connectivity index (χ4v) is 1.23. The number of benzene rings is 1. The van der Waals surface area contributed by atoms with Crippen LogP contribution >= 0.6 is 0 Å². The molecule has 0 fully saturated rings. The number of hydrogen-bond acceptors (Lipinski definition) is 2. The van der Waals surface area contributed by atoms with E-state index in [-0.39, 0.29) is 17.8 Å². The number of halogens is 2. The largest absolute Gasteiger partial charge is 0.322 e. The van der Waals surface area contributed by atoms with Gasteiger partial charge in [-0.15, -0.1) is 0 Å². The van der Waals surface area contributed by atoms with Crippen LogP contribution in [0, 0.1) is 11.6 Å². The molecule has 0 radical (unpaired) electrons. The first-order chi connectivity index (χ1) is 8.34. The van der Waals surface area contributed by atoms with E-state index in [1.54, 1.807) is 0 Å². The van der Waals surface area contributed by atoms with E-state index in [0.717, 1.165) is 24.6 Å². The zero-order chi connectivity index (χ0) is 13.8. The minimum Gasteiger partial charge on any atom is -0.322 e. The molecule has 0 aromatic heterocycles. The number of amides is 1. The summed E-state index contributed by atoms with van der Waals surface area (Å²) in [6, 6.07) is 2.94. The number of carbonyl (C=O) groups is 1. The van der Waals surface area contributed by atoms with Crippen LogP contribution in [0.1, 0.15) is 27.2 Å². The molecule has 18 heavy (non-hydrogen) atoms. The highest BCUT2D eigenvalue weighted by Crippen LogP contribution is 2.15. The van der Waals surface area contributed by atoms with Gasteiger partial charge in [0.1, 0.15) is 11.6 Å². The molecule has 0 heterocycles. The van der Waals surface area contributed by atoms with Gasteiger partial charge in [-0.3, -0.25) is 4.79 Å². The lowest BCUT2D eigenvalue weighted by Gasteiger charge is -2.24. The lowest BCUT2D eigenvalue weighted by Crippen LogP contribution is -2.43. The van der Waals surface area contributed by atoms with Crippen molar-refractivity contribution in [2.75, 3.05) is 11.9 Å². The number of anilines is 1. The number of carbonyl (C=O) groups excluding carboxylic acids is 1. The molecule has 3 nitrogen and oxygen atoms in total. The Morgan fingerprint density at radius 3 is 2.61 bits per heavy atom. The zero-order valence-electron chi connectivity index (χ0n) is 10.8. The average molecular weight is 256 g/mol. The minimum absolute atomic E-state index is 0.0524. The Morgan fingerprint density at radius 2 is 2.00 bits per heavy atom. The molecule has 0 saturated heterocycles. The minimum atomic E-state index is -0.653. The molecule has 0 aliphatic rings. The van der Waals surface area contributed by atoms with Crippen LogP contribution < -0.4 is 10.6 Å². The van der Waals surface area contributed by atoms with Gasteiger partial charge in [-0.1, -0.05) is 6.92 Å². The standard InChI is InChI=1S/C13H18F2N2O/c1-4-13(2,3)16-8-12(18)17-11-7-9(14)5-6-10(11)15/h5-7,16H,4,8H2,1-3H3,(H,17,18). The van der Waals surface area contributed by atoms with E-state index in [1.165, 1.54) is 0 Å². The van der Waals surface area contributed by atoms with Crippen molar-refractivity contribution in [3.8, 4) is 0 Å². The monoisotopic (exact) mass is 256 g/mol. The fraction of sp³-hybridized carbons (Fsp3) is 0.462. The number of nitrogens with one attached hydrogen (secondary N) is 2. The van der Waals surface area contributed by atoms with Crippen LogP contribution in [0.15, 0.2) is 18.2 Å². The van der Waals surface area contributed by atoms with Gasteiger partial charge < -0.3 is 10.6 Å². The van der Waals surface area contributed by atoms with Crippen molar-refractivity contribution >= 4 is 11.6 Å². The van der Waals surface area contributed by atoms with Crippen molar-refractivity contribution in [3.63, 3.8) is 0 Å². The van der Waals surface area contributed by atoms with E-state index in [0.29, 0.717) is 0 Å². The molecule has 0 bridgehead atoms. The van der Waals surface area contributed by atoms with Crippen LogP contribution in [0.3, 0.4) is 0 Å². The first-order valence-electron chi connectivity index (χ1n) is 5.84. The van der Waals surface area contributed by atoms with Crippen LogP contribution in [0.2, 0.25) is 0 Å². The molecule has 5 heteroatoms. The van der Waals surface area contributed by atoms with Crippen molar-refractivity contribution < 1.29 is 13.6 Å². The second-order valence-electron chi connectivity index (χ2n) is 4.76. The average Bonchev–Trinajstić information content (AvgIpc) is 2.31. The zero-order valence-corrected chi connectivity index (χ0v) is 10.8. The molecule has 0 spiro atoms. The highest BCUT2D eigenvalue weighted by Gasteiger charge is 2.16. The van der Waals surface area contributed by atoms with Crippen molar-refractivity contribution in [3.05, 3.63) is 29.8 Å². The van der Waals surface area contributed by atoms with Gasteiger partial charge in [0.2, 0.25) is 5.91 Å². The smallest absolute Gasteiger partial charge is 0.238 e. The molecule has 1 rings (SSSR count). The summed E-state index contributed by atoms with van der Waals surface area (Å²) in [7, 11) is 0. The molecule has 0 saturated carbocycles. The summed E-state index contributed by atoms with van der Waals surface area (Å²) in [4.78, 5) is 11.6. The number of rotatable bonds is 5. The van der Waals surface area contributed by atoms with E-state index < -0.39 is 17.5 Å². The molecular formula is C13H18F2N2O. The van der Waals surface area contributed by atoms with Gasteiger partial charge in [0.25, 0.3) is 0 Å².